The number of hydrogen-bond donors (Lipinski definition) is 2. The topological polar surface area (TPSA) is 90.6 Å². The number of rotatable bonds is 10. The fraction of sp³-hybridized carbons (Fsp3) is 0.333. The second-order valence-corrected chi connectivity index (χ2v) is 6.17. The standard InChI is InChI=1S/C21H26N2O4/c1-3-4-5-6-12-27-18-11-10-16(14-19(18)26-2)21(25)23-17-9-7-8-15(13-17)20(22)24/h7-11,13-14H,3-6,12H2,1-2H3,(H2,22,24)(H,23,25). The van der Waals surface area contributed by atoms with Crippen molar-refractivity contribution in [1.29, 1.82) is 0 Å². The molecule has 0 saturated heterocycles. The van der Waals surface area contributed by atoms with Crippen LogP contribution in [0.15, 0.2) is 42.5 Å². The monoisotopic (exact) mass is 370 g/mol. The number of benzene rings is 2. The first kappa shape index (κ1) is 20.3. The molecule has 2 aromatic rings. The smallest absolute Gasteiger partial charge is 0.255 e. The van der Waals surface area contributed by atoms with Crippen molar-refractivity contribution in [2.75, 3.05) is 19.0 Å². The molecule has 0 saturated carbocycles. The Bertz CT molecular complexity index is 790. The van der Waals surface area contributed by atoms with Crippen molar-refractivity contribution in [2.45, 2.75) is 32.6 Å². The van der Waals surface area contributed by atoms with Gasteiger partial charge in [0.15, 0.2) is 11.5 Å². The molecule has 0 unspecified atom stereocenters. The summed E-state index contributed by atoms with van der Waals surface area (Å²) in [7, 11) is 1.54. The number of nitrogens with two attached hydrogens (primary N) is 1. The van der Waals surface area contributed by atoms with E-state index < -0.39 is 5.91 Å². The second kappa shape index (κ2) is 10.2. The SMILES string of the molecule is CCCCCCOc1ccc(C(=O)Nc2cccc(C(N)=O)c2)cc1OC. The van der Waals surface area contributed by atoms with Gasteiger partial charge < -0.3 is 20.5 Å². The Balaban J connectivity index is 2.04. The zero-order valence-electron chi connectivity index (χ0n) is 15.8. The first-order valence-electron chi connectivity index (χ1n) is 9.07. The zero-order valence-corrected chi connectivity index (χ0v) is 15.8. The fourth-order valence-electron chi connectivity index (χ4n) is 2.59. The van der Waals surface area contributed by atoms with E-state index in [0.29, 0.717) is 34.9 Å². The molecule has 0 aliphatic heterocycles. The number of anilines is 1. The Labute approximate surface area is 159 Å². The van der Waals surface area contributed by atoms with Gasteiger partial charge in [-0.25, -0.2) is 0 Å². The van der Waals surface area contributed by atoms with Crippen molar-refractivity contribution in [3.8, 4) is 11.5 Å². The molecular formula is C21H26N2O4. The van der Waals surface area contributed by atoms with Crippen LogP contribution in [-0.2, 0) is 0 Å². The minimum Gasteiger partial charge on any atom is -0.493 e. The number of carbonyl (C=O) groups is 2. The molecule has 0 atom stereocenters. The lowest BCUT2D eigenvalue weighted by Gasteiger charge is -2.12. The summed E-state index contributed by atoms with van der Waals surface area (Å²) in [6.07, 6.45) is 4.48. The largest absolute Gasteiger partial charge is 0.493 e. The van der Waals surface area contributed by atoms with E-state index in [9.17, 15) is 9.59 Å². The lowest BCUT2D eigenvalue weighted by Crippen LogP contribution is -2.14. The van der Waals surface area contributed by atoms with Crippen LogP contribution in [0.5, 0.6) is 11.5 Å². The van der Waals surface area contributed by atoms with Gasteiger partial charge in [-0.2, -0.15) is 0 Å². The summed E-state index contributed by atoms with van der Waals surface area (Å²) in [6.45, 7) is 2.78. The summed E-state index contributed by atoms with van der Waals surface area (Å²) in [5.74, 6) is 0.253. The highest BCUT2D eigenvalue weighted by Crippen LogP contribution is 2.28. The van der Waals surface area contributed by atoms with Crippen LogP contribution in [0.3, 0.4) is 0 Å². The molecule has 0 heterocycles. The number of primary amides is 1. The molecule has 144 valence electrons. The quantitative estimate of drug-likeness (QED) is 0.618. The van der Waals surface area contributed by atoms with Gasteiger partial charge >= 0.3 is 0 Å². The van der Waals surface area contributed by atoms with E-state index in [4.69, 9.17) is 15.2 Å². The Hall–Kier alpha value is -3.02. The maximum atomic E-state index is 12.5. The number of carbonyl (C=O) groups excluding carboxylic acids is 2. The number of methoxy groups -OCH3 is 1. The van der Waals surface area contributed by atoms with Crippen LogP contribution in [0.2, 0.25) is 0 Å². The maximum Gasteiger partial charge on any atom is 0.255 e. The third-order valence-electron chi connectivity index (χ3n) is 4.09. The van der Waals surface area contributed by atoms with Gasteiger partial charge in [-0.15, -0.1) is 0 Å². The molecule has 2 amide bonds. The third-order valence-corrected chi connectivity index (χ3v) is 4.09. The molecule has 6 heteroatoms. The summed E-state index contributed by atoms with van der Waals surface area (Å²) in [5, 5.41) is 2.75. The van der Waals surface area contributed by atoms with Gasteiger partial charge in [0.05, 0.1) is 13.7 Å². The van der Waals surface area contributed by atoms with E-state index in [1.54, 1.807) is 36.4 Å². The number of amides is 2. The van der Waals surface area contributed by atoms with Crippen molar-refractivity contribution in [1.82, 2.24) is 0 Å². The molecule has 2 aromatic carbocycles. The molecule has 0 bridgehead atoms. The summed E-state index contributed by atoms with van der Waals surface area (Å²) >= 11 is 0. The van der Waals surface area contributed by atoms with E-state index >= 15 is 0 Å². The van der Waals surface area contributed by atoms with Crippen molar-refractivity contribution < 1.29 is 19.1 Å². The summed E-state index contributed by atoms with van der Waals surface area (Å²) in [6, 6.07) is 11.5. The highest BCUT2D eigenvalue weighted by molar-refractivity contribution is 6.05. The molecule has 3 N–H and O–H groups in total. The first-order chi connectivity index (χ1) is 13.0. The van der Waals surface area contributed by atoms with E-state index in [1.165, 1.54) is 26.0 Å². The minimum absolute atomic E-state index is 0.315. The van der Waals surface area contributed by atoms with Gasteiger partial charge in [-0.3, -0.25) is 9.59 Å². The van der Waals surface area contributed by atoms with E-state index in [1.807, 2.05) is 0 Å². The number of ether oxygens (including phenoxy) is 2. The Morgan fingerprint density at radius 3 is 2.52 bits per heavy atom. The number of unbranched alkanes of at least 4 members (excludes halogenated alkanes) is 3. The van der Waals surface area contributed by atoms with Crippen LogP contribution in [-0.4, -0.2) is 25.5 Å². The molecule has 0 aliphatic rings. The second-order valence-electron chi connectivity index (χ2n) is 6.17. The van der Waals surface area contributed by atoms with Crippen LogP contribution in [0.25, 0.3) is 0 Å². The molecule has 0 spiro atoms. The Morgan fingerprint density at radius 2 is 1.81 bits per heavy atom. The van der Waals surface area contributed by atoms with Crippen LogP contribution in [0.4, 0.5) is 5.69 Å². The molecule has 27 heavy (non-hydrogen) atoms. The lowest BCUT2D eigenvalue weighted by atomic mass is 10.1. The van der Waals surface area contributed by atoms with E-state index in [2.05, 4.69) is 12.2 Å². The predicted molar refractivity (Wildman–Crippen MR) is 106 cm³/mol. The van der Waals surface area contributed by atoms with Gasteiger partial charge in [0, 0.05) is 16.8 Å². The Kier molecular flexibility index (Phi) is 7.67. The first-order valence-corrected chi connectivity index (χ1v) is 9.07. The normalized spacial score (nSPS) is 10.3. The maximum absolute atomic E-state index is 12.5. The minimum atomic E-state index is -0.548. The van der Waals surface area contributed by atoms with E-state index in [-0.39, 0.29) is 5.91 Å². The van der Waals surface area contributed by atoms with Crippen molar-refractivity contribution in [3.05, 3.63) is 53.6 Å². The van der Waals surface area contributed by atoms with Crippen LogP contribution < -0.4 is 20.5 Å². The molecular weight excluding hydrogens is 344 g/mol. The number of nitrogens with one attached hydrogen (secondary N) is 1. The van der Waals surface area contributed by atoms with Crippen molar-refractivity contribution >= 4 is 17.5 Å². The van der Waals surface area contributed by atoms with E-state index in [0.717, 1.165) is 12.8 Å². The average molecular weight is 370 g/mol. The molecule has 0 radical (unpaired) electrons. The zero-order chi connectivity index (χ0) is 19.6. The van der Waals surface area contributed by atoms with Gasteiger partial charge in [-0.1, -0.05) is 32.3 Å². The lowest BCUT2D eigenvalue weighted by molar-refractivity contribution is 0.0996. The number of hydrogen-bond acceptors (Lipinski definition) is 4. The average Bonchev–Trinajstić information content (AvgIpc) is 2.68. The molecule has 2 rings (SSSR count). The summed E-state index contributed by atoms with van der Waals surface area (Å²) in [4.78, 5) is 23.7. The third kappa shape index (κ3) is 6.02. The predicted octanol–water partition coefficient (Wildman–Crippen LogP) is 4.01. The molecule has 0 fully saturated rings. The van der Waals surface area contributed by atoms with Gasteiger partial charge in [0.2, 0.25) is 5.91 Å². The van der Waals surface area contributed by atoms with Gasteiger partial charge in [0.1, 0.15) is 0 Å². The molecule has 0 aliphatic carbocycles. The molecule has 0 aromatic heterocycles. The van der Waals surface area contributed by atoms with Gasteiger partial charge in [-0.05, 0) is 42.8 Å². The van der Waals surface area contributed by atoms with Crippen LogP contribution in [0, 0.1) is 0 Å². The van der Waals surface area contributed by atoms with Gasteiger partial charge in [0.25, 0.3) is 5.91 Å². The van der Waals surface area contributed by atoms with Crippen LogP contribution in [0.1, 0.15) is 53.3 Å². The molecule has 6 nitrogen and oxygen atoms in total. The fourth-order valence-corrected chi connectivity index (χ4v) is 2.59. The Morgan fingerprint density at radius 1 is 1.00 bits per heavy atom. The summed E-state index contributed by atoms with van der Waals surface area (Å²) < 4.78 is 11.1. The van der Waals surface area contributed by atoms with Crippen LogP contribution >= 0.6 is 0 Å². The summed E-state index contributed by atoms with van der Waals surface area (Å²) in [5.41, 5.74) is 6.51. The van der Waals surface area contributed by atoms with Crippen molar-refractivity contribution in [3.63, 3.8) is 0 Å². The highest BCUT2D eigenvalue weighted by Gasteiger charge is 2.12. The highest BCUT2D eigenvalue weighted by atomic mass is 16.5. The van der Waals surface area contributed by atoms with Crippen molar-refractivity contribution in [2.24, 2.45) is 5.73 Å².